The lowest BCUT2D eigenvalue weighted by molar-refractivity contribution is 0.0730. The maximum atomic E-state index is 13.5. The first-order chi connectivity index (χ1) is 15.9. The lowest BCUT2D eigenvalue weighted by Crippen LogP contribution is -2.40. The van der Waals surface area contributed by atoms with Crippen molar-refractivity contribution in [3.63, 3.8) is 0 Å². The standard InChI is InChI=1S/C23H23FN2O5S2/c1-30-20-9-8-18(33(28,29)26-10-12-31-13-11-26)15-19(20)23(27)25-22(21-3-2-14-32-21)16-4-6-17(24)7-5-16/h2-9,14-15,22H,10-13H2,1H3,(H,25,27). The van der Waals surface area contributed by atoms with Crippen LogP contribution in [0.2, 0.25) is 0 Å². The first kappa shape index (κ1) is 23.4. The van der Waals surface area contributed by atoms with E-state index in [1.807, 2.05) is 17.5 Å². The molecule has 174 valence electrons. The average molecular weight is 491 g/mol. The molecule has 1 atom stereocenters. The Hall–Kier alpha value is -2.79. The van der Waals surface area contributed by atoms with Gasteiger partial charge in [0.2, 0.25) is 10.0 Å². The number of carbonyl (C=O) groups is 1. The van der Waals surface area contributed by atoms with E-state index in [4.69, 9.17) is 9.47 Å². The molecule has 0 spiro atoms. The number of thiophene rings is 1. The number of rotatable bonds is 7. The summed E-state index contributed by atoms with van der Waals surface area (Å²) in [7, 11) is -2.38. The summed E-state index contributed by atoms with van der Waals surface area (Å²) >= 11 is 1.45. The fraction of sp³-hybridized carbons (Fsp3) is 0.261. The summed E-state index contributed by atoms with van der Waals surface area (Å²) in [5.74, 6) is -0.635. The summed E-state index contributed by atoms with van der Waals surface area (Å²) in [6.45, 7) is 1.15. The van der Waals surface area contributed by atoms with Gasteiger partial charge in [0.15, 0.2) is 0 Å². The van der Waals surface area contributed by atoms with Gasteiger partial charge in [-0.15, -0.1) is 11.3 Å². The molecule has 3 aromatic rings. The van der Waals surface area contributed by atoms with Crippen LogP contribution in [0.15, 0.2) is 64.9 Å². The summed E-state index contributed by atoms with van der Waals surface area (Å²) in [6.07, 6.45) is 0. The van der Waals surface area contributed by atoms with E-state index in [0.717, 1.165) is 4.88 Å². The van der Waals surface area contributed by atoms with E-state index in [1.54, 1.807) is 12.1 Å². The van der Waals surface area contributed by atoms with E-state index in [0.29, 0.717) is 18.8 Å². The van der Waals surface area contributed by atoms with Crippen molar-refractivity contribution >= 4 is 27.3 Å². The highest BCUT2D eigenvalue weighted by atomic mass is 32.2. The number of morpholine rings is 1. The minimum absolute atomic E-state index is 0.00445. The van der Waals surface area contributed by atoms with Crippen LogP contribution < -0.4 is 10.1 Å². The molecule has 33 heavy (non-hydrogen) atoms. The second kappa shape index (κ2) is 10.0. The van der Waals surface area contributed by atoms with Crippen molar-refractivity contribution < 1.29 is 27.1 Å². The minimum atomic E-state index is -3.79. The lowest BCUT2D eigenvalue weighted by atomic mass is 10.0. The Bertz CT molecular complexity index is 1210. The van der Waals surface area contributed by atoms with Crippen molar-refractivity contribution in [2.75, 3.05) is 33.4 Å². The van der Waals surface area contributed by atoms with Gasteiger partial charge in [-0.3, -0.25) is 4.79 Å². The lowest BCUT2D eigenvalue weighted by Gasteiger charge is -2.26. The van der Waals surface area contributed by atoms with Crippen molar-refractivity contribution in [1.82, 2.24) is 9.62 Å². The number of hydrogen-bond donors (Lipinski definition) is 1. The molecule has 10 heteroatoms. The summed E-state index contributed by atoms with van der Waals surface area (Å²) < 4.78 is 51.6. The molecule has 0 aliphatic carbocycles. The molecule has 0 saturated carbocycles. The fourth-order valence-electron chi connectivity index (χ4n) is 3.60. The normalized spacial score (nSPS) is 15.7. The number of halogens is 1. The van der Waals surface area contributed by atoms with Crippen molar-refractivity contribution in [2.24, 2.45) is 0 Å². The average Bonchev–Trinajstić information content (AvgIpc) is 3.38. The Morgan fingerprint density at radius 1 is 1.15 bits per heavy atom. The van der Waals surface area contributed by atoms with Crippen molar-refractivity contribution in [3.05, 3.63) is 81.8 Å². The third-order valence-electron chi connectivity index (χ3n) is 5.33. The zero-order valence-corrected chi connectivity index (χ0v) is 19.5. The van der Waals surface area contributed by atoms with Gasteiger partial charge in [-0.2, -0.15) is 4.31 Å². The van der Waals surface area contributed by atoms with E-state index < -0.39 is 22.0 Å². The third-order valence-corrected chi connectivity index (χ3v) is 8.16. The summed E-state index contributed by atoms with van der Waals surface area (Å²) in [5, 5.41) is 4.83. The number of carbonyl (C=O) groups excluding carboxylic acids is 1. The molecule has 0 bridgehead atoms. The molecular formula is C23H23FN2O5S2. The topological polar surface area (TPSA) is 84.9 Å². The van der Waals surface area contributed by atoms with Gasteiger partial charge in [-0.05, 0) is 47.3 Å². The van der Waals surface area contributed by atoms with Crippen molar-refractivity contribution in [3.8, 4) is 5.75 Å². The quantitative estimate of drug-likeness (QED) is 0.549. The smallest absolute Gasteiger partial charge is 0.255 e. The van der Waals surface area contributed by atoms with Gasteiger partial charge in [0.25, 0.3) is 5.91 Å². The number of hydrogen-bond acceptors (Lipinski definition) is 6. The van der Waals surface area contributed by atoms with E-state index in [9.17, 15) is 17.6 Å². The van der Waals surface area contributed by atoms with Gasteiger partial charge in [-0.1, -0.05) is 18.2 Å². The Morgan fingerprint density at radius 3 is 2.52 bits per heavy atom. The largest absolute Gasteiger partial charge is 0.496 e. The summed E-state index contributed by atoms with van der Waals surface area (Å²) in [6, 6.07) is 13.3. The first-order valence-corrected chi connectivity index (χ1v) is 12.6. The Balaban J connectivity index is 1.67. The molecule has 1 aromatic heterocycles. The first-order valence-electron chi connectivity index (χ1n) is 10.3. The molecule has 7 nitrogen and oxygen atoms in total. The molecule has 1 N–H and O–H groups in total. The summed E-state index contributed by atoms with van der Waals surface area (Å²) in [5.41, 5.74) is 0.791. The van der Waals surface area contributed by atoms with Gasteiger partial charge in [-0.25, -0.2) is 12.8 Å². The van der Waals surface area contributed by atoms with Crippen LogP contribution in [0, 0.1) is 5.82 Å². The number of ether oxygens (including phenoxy) is 2. The molecule has 1 saturated heterocycles. The number of amides is 1. The molecular weight excluding hydrogens is 467 g/mol. The number of sulfonamides is 1. The van der Waals surface area contributed by atoms with Gasteiger partial charge >= 0.3 is 0 Å². The predicted octanol–water partition coefficient (Wildman–Crippen LogP) is 3.44. The van der Waals surface area contributed by atoms with Gasteiger partial charge < -0.3 is 14.8 Å². The Labute approximate surface area is 195 Å². The van der Waals surface area contributed by atoms with Crippen LogP contribution in [0.4, 0.5) is 4.39 Å². The molecule has 2 aromatic carbocycles. The molecule has 1 unspecified atom stereocenters. The van der Waals surface area contributed by atoms with E-state index in [-0.39, 0.29) is 35.1 Å². The molecule has 1 amide bonds. The second-order valence-corrected chi connectivity index (χ2v) is 10.3. The molecule has 2 heterocycles. The monoisotopic (exact) mass is 490 g/mol. The highest BCUT2D eigenvalue weighted by molar-refractivity contribution is 7.89. The van der Waals surface area contributed by atoms with Gasteiger partial charge in [0.1, 0.15) is 11.6 Å². The van der Waals surface area contributed by atoms with E-state index in [1.165, 1.54) is 53.1 Å². The molecule has 0 radical (unpaired) electrons. The van der Waals surface area contributed by atoms with Crippen LogP contribution in [0.3, 0.4) is 0 Å². The highest BCUT2D eigenvalue weighted by Gasteiger charge is 2.29. The van der Waals surface area contributed by atoms with Crippen LogP contribution in [0.5, 0.6) is 5.75 Å². The van der Waals surface area contributed by atoms with Gasteiger partial charge in [0.05, 0.1) is 36.8 Å². The maximum Gasteiger partial charge on any atom is 0.255 e. The second-order valence-electron chi connectivity index (χ2n) is 7.35. The fourth-order valence-corrected chi connectivity index (χ4v) is 5.84. The predicted molar refractivity (Wildman–Crippen MR) is 123 cm³/mol. The molecule has 1 aliphatic rings. The number of methoxy groups -OCH3 is 1. The molecule has 1 aliphatic heterocycles. The number of nitrogens with zero attached hydrogens (tertiary/aromatic N) is 1. The SMILES string of the molecule is COc1ccc(S(=O)(=O)N2CCOCC2)cc1C(=O)NC(c1ccc(F)cc1)c1cccs1. The third kappa shape index (κ3) is 5.09. The van der Waals surface area contributed by atoms with Crippen LogP contribution in [0.1, 0.15) is 26.8 Å². The summed E-state index contributed by atoms with van der Waals surface area (Å²) in [4.78, 5) is 14.2. The zero-order valence-electron chi connectivity index (χ0n) is 17.9. The number of benzene rings is 2. The van der Waals surface area contributed by atoms with Gasteiger partial charge in [0, 0.05) is 18.0 Å². The zero-order chi connectivity index (χ0) is 23.4. The molecule has 1 fully saturated rings. The highest BCUT2D eigenvalue weighted by Crippen LogP contribution is 2.29. The van der Waals surface area contributed by atoms with Crippen LogP contribution >= 0.6 is 11.3 Å². The van der Waals surface area contributed by atoms with E-state index in [2.05, 4.69) is 5.32 Å². The van der Waals surface area contributed by atoms with Crippen LogP contribution in [0.25, 0.3) is 0 Å². The van der Waals surface area contributed by atoms with Crippen LogP contribution in [-0.4, -0.2) is 52.0 Å². The van der Waals surface area contributed by atoms with Crippen molar-refractivity contribution in [1.29, 1.82) is 0 Å². The van der Waals surface area contributed by atoms with Crippen molar-refractivity contribution in [2.45, 2.75) is 10.9 Å². The Morgan fingerprint density at radius 2 is 1.88 bits per heavy atom. The number of nitrogens with one attached hydrogen (secondary N) is 1. The van der Waals surface area contributed by atoms with Crippen LogP contribution in [-0.2, 0) is 14.8 Å². The maximum absolute atomic E-state index is 13.5. The van der Waals surface area contributed by atoms with E-state index >= 15 is 0 Å². The minimum Gasteiger partial charge on any atom is -0.496 e. The Kier molecular flexibility index (Phi) is 7.08. The molecule has 4 rings (SSSR count).